The minimum absolute atomic E-state index is 0.112. The van der Waals surface area contributed by atoms with E-state index >= 15 is 0 Å². The van der Waals surface area contributed by atoms with Crippen molar-refractivity contribution in [3.8, 4) is 0 Å². The highest BCUT2D eigenvalue weighted by molar-refractivity contribution is 9.10. The van der Waals surface area contributed by atoms with Gasteiger partial charge >= 0.3 is 0 Å². The molecule has 2 N–H and O–H groups in total. The lowest BCUT2D eigenvalue weighted by atomic mass is 10.1. The van der Waals surface area contributed by atoms with Gasteiger partial charge < -0.3 is 10.3 Å². The highest BCUT2D eigenvalue weighted by atomic mass is 79.9. The van der Waals surface area contributed by atoms with Crippen molar-refractivity contribution in [3.05, 3.63) is 64.9 Å². The summed E-state index contributed by atoms with van der Waals surface area (Å²) in [4.78, 5) is 4.43. The second-order valence-electron chi connectivity index (χ2n) is 4.44. The van der Waals surface area contributed by atoms with Crippen molar-refractivity contribution in [3.63, 3.8) is 0 Å². The van der Waals surface area contributed by atoms with Gasteiger partial charge in [0.05, 0.1) is 23.4 Å². The maximum atomic E-state index is 5.96. The van der Waals surface area contributed by atoms with Gasteiger partial charge in [-0.05, 0) is 29.8 Å². The van der Waals surface area contributed by atoms with Crippen LogP contribution in [0.3, 0.4) is 0 Å². The molecule has 0 saturated heterocycles. The maximum Gasteiger partial charge on any atom is 0.0964 e. The molecule has 0 spiro atoms. The van der Waals surface area contributed by atoms with E-state index in [1.54, 1.807) is 0 Å². The molecule has 1 aromatic heterocycles. The number of nitrogens with two attached hydrogens (primary N) is 1. The van der Waals surface area contributed by atoms with Crippen molar-refractivity contribution in [2.45, 2.75) is 6.04 Å². The monoisotopic (exact) mass is 315 g/mol. The van der Waals surface area contributed by atoms with E-state index in [0.717, 1.165) is 15.5 Å². The summed E-state index contributed by atoms with van der Waals surface area (Å²) in [5.41, 5.74) is 9.26. The number of hydrogen-bond acceptors (Lipinski definition) is 2. The molecule has 0 aliphatic rings. The molecule has 0 amide bonds. The molecule has 1 unspecified atom stereocenters. The average Bonchev–Trinajstić information content (AvgIpc) is 2.86. The topological polar surface area (TPSA) is 43.8 Å². The second kappa shape index (κ2) is 5.15. The van der Waals surface area contributed by atoms with Gasteiger partial charge in [0.15, 0.2) is 0 Å². The highest BCUT2D eigenvalue weighted by Gasteiger charge is 2.14. The molecule has 4 heteroatoms. The van der Waals surface area contributed by atoms with Crippen molar-refractivity contribution < 1.29 is 0 Å². The van der Waals surface area contributed by atoms with Crippen LogP contribution in [0.1, 0.15) is 11.6 Å². The number of imidazole rings is 1. The molecule has 0 aliphatic carbocycles. The van der Waals surface area contributed by atoms with Gasteiger partial charge in [-0.3, -0.25) is 0 Å². The summed E-state index contributed by atoms with van der Waals surface area (Å²) in [5.74, 6) is 0. The Bertz CT molecular complexity index is 688. The van der Waals surface area contributed by atoms with E-state index in [2.05, 4.69) is 43.7 Å². The molecule has 3 nitrogen and oxygen atoms in total. The van der Waals surface area contributed by atoms with Crippen LogP contribution in [0, 0.1) is 0 Å². The van der Waals surface area contributed by atoms with Gasteiger partial charge in [-0.15, -0.1) is 0 Å². The number of para-hydroxylation sites is 2. The van der Waals surface area contributed by atoms with Crippen LogP contribution in [-0.2, 0) is 0 Å². The first-order valence-electron chi connectivity index (χ1n) is 6.16. The van der Waals surface area contributed by atoms with Gasteiger partial charge in [0.2, 0.25) is 0 Å². The molecule has 2 aromatic carbocycles. The van der Waals surface area contributed by atoms with Gasteiger partial charge in [-0.1, -0.05) is 40.2 Å². The number of fused-ring (bicyclic) bond motifs is 1. The highest BCUT2D eigenvalue weighted by Crippen LogP contribution is 2.24. The number of benzene rings is 2. The first-order chi connectivity index (χ1) is 9.29. The fourth-order valence-electron chi connectivity index (χ4n) is 2.32. The summed E-state index contributed by atoms with van der Waals surface area (Å²) in [5, 5.41) is 0. The first-order valence-corrected chi connectivity index (χ1v) is 6.96. The predicted molar refractivity (Wildman–Crippen MR) is 81.1 cm³/mol. The van der Waals surface area contributed by atoms with Crippen molar-refractivity contribution in [2.24, 2.45) is 5.73 Å². The van der Waals surface area contributed by atoms with Gasteiger partial charge in [-0.2, -0.15) is 0 Å². The van der Waals surface area contributed by atoms with Crippen LogP contribution in [0.15, 0.2) is 59.3 Å². The standard InChI is InChI=1S/C15H14BrN3/c16-12-7-5-11(6-8-12)15(9-17)19-10-18-13-3-1-2-4-14(13)19/h1-8,10,15H,9,17H2. The Kier molecular flexibility index (Phi) is 3.36. The summed E-state index contributed by atoms with van der Waals surface area (Å²) in [6.45, 7) is 0.544. The summed E-state index contributed by atoms with van der Waals surface area (Å²) >= 11 is 3.45. The molecule has 19 heavy (non-hydrogen) atoms. The third kappa shape index (κ3) is 2.29. The molecular weight excluding hydrogens is 302 g/mol. The Balaban J connectivity index is 2.09. The minimum Gasteiger partial charge on any atom is -0.328 e. The molecule has 1 atom stereocenters. The number of aromatic nitrogens is 2. The zero-order valence-corrected chi connectivity index (χ0v) is 11.9. The Labute approximate surface area is 120 Å². The smallest absolute Gasteiger partial charge is 0.0964 e. The Morgan fingerprint density at radius 2 is 1.84 bits per heavy atom. The molecule has 3 aromatic rings. The van der Waals surface area contributed by atoms with Crippen molar-refractivity contribution in [1.82, 2.24) is 9.55 Å². The third-order valence-electron chi connectivity index (χ3n) is 3.29. The number of hydrogen-bond donors (Lipinski definition) is 1. The first kappa shape index (κ1) is 12.4. The third-order valence-corrected chi connectivity index (χ3v) is 3.82. The lowest BCUT2D eigenvalue weighted by Gasteiger charge is -2.18. The molecule has 0 fully saturated rings. The zero-order chi connectivity index (χ0) is 13.2. The molecule has 0 radical (unpaired) electrons. The van der Waals surface area contributed by atoms with Gasteiger partial charge in [-0.25, -0.2) is 4.98 Å². The molecule has 3 rings (SSSR count). The Morgan fingerprint density at radius 1 is 1.11 bits per heavy atom. The summed E-state index contributed by atoms with van der Waals surface area (Å²) < 4.78 is 3.21. The van der Waals surface area contributed by atoms with Crippen LogP contribution >= 0.6 is 15.9 Å². The zero-order valence-electron chi connectivity index (χ0n) is 10.3. The van der Waals surface area contributed by atoms with E-state index in [4.69, 9.17) is 5.73 Å². The lowest BCUT2D eigenvalue weighted by Crippen LogP contribution is -2.19. The van der Waals surface area contributed by atoms with Crippen LogP contribution in [-0.4, -0.2) is 16.1 Å². The normalized spacial score (nSPS) is 12.7. The number of rotatable bonds is 3. The van der Waals surface area contributed by atoms with Gasteiger partial charge in [0.1, 0.15) is 0 Å². The van der Waals surface area contributed by atoms with Gasteiger partial charge in [0.25, 0.3) is 0 Å². The number of halogens is 1. The second-order valence-corrected chi connectivity index (χ2v) is 5.36. The van der Waals surface area contributed by atoms with E-state index < -0.39 is 0 Å². The van der Waals surface area contributed by atoms with E-state index in [-0.39, 0.29) is 6.04 Å². The quantitative estimate of drug-likeness (QED) is 0.805. The fourth-order valence-corrected chi connectivity index (χ4v) is 2.59. The fraction of sp³-hybridized carbons (Fsp3) is 0.133. The van der Waals surface area contributed by atoms with Crippen molar-refractivity contribution in [1.29, 1.82) is 0 Å². The Morgan fingerprint density at radius 3 is 2.58 bits per heavy atom. The van der Waals surface area contributed by atoms with Gasteiger partial charge in [0, 0.05) is 11.0 Å². The van der Waals surface area contributed by atoms with Crippen LogP contribution < -0.4 is 5.73 Å². The van der Waals surface area contributed by atoms with E-state index in [0.29, 0.717) is 6.54 Å². The summed E-state index contributed by atoms with van der Waals surface area (Å²) in [7, 11) is 0. The maximum absolute atomic E-state index is 5.96. The summed E-state index contributed by atoms with van der Waals surface area (Å²) in [6.07, 6.45) is 1.87. The van der Waals surface area contributed by atoms with E-state index in [1.807, 2.05) is 36.7 Å². The Hall–Kier alpha value is -1.65. The molecule has 0 aliphatic heterocycles. The van der Waals surface area contributed by atoms with Crippen molar-refractivity contribution >= 4 is 27.0 Å². The van der Waals surface area contributed by atoms with Crippen molar-refractivity contribution in [2.75, 3.05) is 6.54 Å². The van der Waals surface area contributed by atoms with E-state index in [1.165, 1.54) is 5.56 Å². The molecular formula is C15H14BrN3. The number of nitrogens with zero attached hydrogens (tertiary/aromatic N) is 2. The molecule has 1 heterocycles. The molecule has 0 bridgehead atoms. The minimum atomic E-state index is 0.112. The van der Waals surface area contributed by atoms with Crippen LogP contribution in [0.25, 0.3) is 11.0 Å². The molecule has 96 valence electrons. The largest absolute Gasteiger partial charge is 0.328 e. The SMILES string of the molecule is NCC(c1ccc(Br)cc1)n1cnc2ccccc21. The van der Waals surface area contributed by atoms with Crippen LogP contribution in [0.4, 0.5) is 0 Å². The summed E-state index contributed by atoms with van der Waals surface area (Å²) in [6, 6.07) is 16.5. The lowest BCUT2D eigenvalue weighted by molar-refractivity contribution is 0.610. The molecule has 0 saturated carbocycles. The average molecular weight is 316 g/mol. The predicted octanol–water partition coefficient (Wildman–Crippen LogP) is 3.35. The van der Waals surface area contributed by atoms with Crippen LogP contribution in [0.2, 0.25) is 0 Å². The van der Waals surface area contributed by atoms with Crippen LogP contribution in [0.5, 0.6) is 0 Å². The van der Waals surface area contributed by atoms with E-state index in [9.17, 15) is 0 Å².